The van der Waals surface area contributed by atoms with Gasteiger partial charge in [-0.15, -0.1) is 0 Å². The van der Waals surface area contributed by atoms with Gasteiger partial charge in [-0.3, -0.25) is 4.98 Å². The van der Waals surface area contributed by atoms with Crippen LogP contribution in [0.5, 0.6) is 0 Å². The fraction of sp³-hybridized carbons (Fsp3) is 0.500. The number of imidazole rings is 1. The Hall–Kier alpha value is -1.68. The monoisotopic (exact) mass is 270 g/mol. The minimum atomic E-state index is 0.355. The highest BCUT2D eigenvalue weighted by Crippen LogP contribution is 2.34. The van der Waals surface area contributed by atoms with Crippen molar-refractivity contribution in [2.45, 2.75) is 38.1 Å². The molecular weight excluding hydrogens is 248 g/mol. The molecule has 1 aliphatic carbocycles. The summed E-state index contributed by atoms with van der Waals surface area (Å²) in [6, 6.07) is 4.40. The smallest absolute Gasteiger partial charge is 0.0954 e. The number of nitrogens with two attached hydrogens (primary N) is 1. The van der Waals surface area contributed by atoms with E-state index in [1.165, 1.54) is 32.1 Å². The molecule has 0 bridgehead atoms. The van der Waals surface area contributed by atoms with Crippen LogP contribution in [0.15, 0.2) is 37.1 Å². The van der Waals surface area contributed by atoms with Gasteiger partial charge in [0.1, 0.15) is 0 Å². The quantitative estimate of drug-likeness (QED) is 0.929. The lowest BCUT2D eigenvalue weighted by Crippen LogP contribution is -2.28. The third-order valence-corrected chi connectivity index (χ3v) is 4.42. The Morgan fingerprint density at radius 2 is 2.05 bits per heavy atom. The van der Waals surface area contributed by atoms with Crippen LogP contribution in [-0.4, -0.2) is 21.1 Å². The van der Waals surface area contributed by atoms with Crippen LogP contribution in [0.3, 0.4) is 0 Å². The highest BCUT2D eigenvalue weighted by molar-refractivity contribution is 5.57. The minimum absolute atomic E-state index is 0.355. The van der Waals surface area contributed by atoms with Crippen LogP contribution < -0.4 is 5.73 Å². The van der Waals surface area contributed by atoms with Gasteiger partial charge in [0.25, 0.3) is 0 Å². The molecule has 4 nitrogen and oxygen atoms in total. The average Bonchev–Trinajstić information content (AvgIpc) is 2.99. The van der Waals surface area contributed by atoms with Crippen molar-refractivity contribution >= 4 is 0 Å². The number of aromatic nitrogens is 3. The molecule has 1 unspecified atom stereocenters. The van der Waals surface area contributed by atoms with Crippen LogP contribution >= 0.6 is 0 Å². The molecule has 2 N–H and O–H groups in total. The Morgan fingerprint density at radius 1 is 1.20 bits per heavy atom. The summed E-state index contributed by atoms with van der Waals surface area (Å²) >= 11 is 0. The molecule has 0 spiro atoms. The van der Waals surface area contributed by atoms with E-state index >= 15 is 0 Å². The molecule has 0 radical (unpaired) electrons. The van der Waals surface area contributed by atoms with Gasteiger partial charge in [-0.05, 0) is 30.9 Å². The zero-order valence-electron chi connectivity index (χ0n) is 11.8. The van der Waals surface area contributed by atoms with Crippen LogP contribution in [-0.2, 0) is 0 Å². The van der Waals surface area contributed by atoms with Gasteiger partial charge in [-0.25, -0.2) is 4.98 Å². The van der Waals surface area contributed by atoms with Crippen molar-refractivity contribution in [3.05, 3.63) is 37.1 Å². The standard InChI is InChI=1S/C16H22N4/c17-9-15(13-5-2-1-3-6-13)20-12-19-11-16(20)14-7-4-8-18-10-14/h4,7-8,10-13,15H,1-3,5-6,9,17H2. The molecule has 0 amide bonds. The van der Waals surface area contributed by atoms with E-state index in [4.69, 9.17) is 5.73 Å². The molecule has 1 fully saturated rings. The Bertz CT molecular complexity index is 528. The molecule has 20 heavy (non-hydrogen) atoms. The molecule has 0 aromatic carbocycles. The summed E-state index contributed by atoms with van der Waals surface area (Å²) < 4.78 is 2.26. The lowest BCUT2D eigenvalue weighted by atomic mass is 9.83. The zero-order chi connectivity index (χ0) is 13.8. The largest absolute Gasteiger partial charge is 0.328 e. The van der Waals surface area contributed by atoms with Gasteiger partial charge < -0.3 is 10.3 Å². The predicted octanol–water partition coefficient (Wildman–Crippen LogP) is 3.03. The second kappa shape index (κ2) is 6.18. The van der Waals surface area contributed by atoms with E-state index < -0.39 is 0 Å². The molecule has 0 aliphatic heterocycles. The molecule has 2 aromatic heterocycles. The first-order chi connectivity index (χ1) is 9.90. The van der Waals surface area contributed by atoms with Gasteiger partial charge in [-0.1, -0.05) is 19.3 Å². The van der Waals surface area contributed by atoms with E-state index in [2.05, 4.69) is 20.6 Å². The van der Waals surface area contributed by atoms with Crippen LogP contribution in [0.1, 0.15) is 38.1 Å². The molecule has 1 aliphatic rings. The van der Waals surface area contributed by atoms with E-state index in [1.54, 1.807) is 6.20 Å². The van der Waals surface area contributed by atoms with Crippen LogP contribution in [0, 0.1) is 5.92 Å². The third kappa shape index (κ3) is 2.61. The second-order valence-electron chi connectivity index (χ2n) is 5.63. The lowest BCUT2D eigenvalue weighted by Gasteiger charge is -2.31. The van der Waals surface area contributed by atoms with Gasteiger partial charge in [0.05, 0.1) is 24.3 Å². The summed E-state index contributed by atoms with van der Waals surface area (Å²) in [6.07, 6.45) is 14.1. The summed E-state index contributed by atoms with van der Waals surface area (Å²) in [5.74, 6) is 0.679. The highest BCUT2D eigenvalue weighted by Gasteiger charge is 2.25. The predicted molar refractivity (Wildman–Crippen MR) is 80.1 cm³/mol. The Balaban J connectivity index is 1.91. The molecule has 2 aromatic rings. The van der Waals surface area contributed by atoms with Crippen molar-refractivity contribution in [2.24, 2.45) is 11.7 Å². The maximum absolute atomic E-state index is 6.08. The Morgan fingerprint density at radius 3 is 2.75 bits per heavy atom. The fourth-order valence-corrected chi connectivity index (χ4v) is 3.36. The van der Waals surface area contributed by atoms with Gasteiger partial charge in [0.2, 0.25) is 0 Å². The maximum atomic E-state index is 6.08. The second-order valence-corrected chi connectivity index (χ2v) is 5.63. The molecule has 1 atom stereocenters. The van der Waals surface area contributed by atoms with E-state index in [-0.39, 0.29) is 0 Å². The first-order valence-corrected chi connectivity index (χ1v) is 7.52. The number of pyridine rings is 1. The molecule has 4 heteroatoms. The summed E-state index contributed by atoms with van der Waals surface area (Å²) in [6.45, 7) is 0.675. The van der Waals surface area contributed by atoms with Crippen molar-refractivity contribution < 1.29 is 0 Å². The maximum Gasteiger partial charge on any atom is 0.0954 e. The van der Waals surface area contributed by atoms with Crippen LogP contribution in [0.4, 0.5) is 0 Å². The Kier molecular flexibility index (Phi) is 4.11. The van der Waals surface area contributed by atoms with Gasteiger partial charge in [0, 0.05) is 24.5 Å². The van der Waals surface area contributed by atoms with E-state index in [0.717, 1.165) is 11.3 Å². The minimum Gasteiger partial charge on any atom is -0.328 e. The number of nitrogens with zero attached hydrogens (tertiary/aromatic N) is 3. The molecule has 2 heterocycles. The van der Waals surface area contributed by atoms with Crippen molar-refractivity contribution in [3.63, 3.8) is 0 Å². The first-order valence-electron chi connectivity index (χ1n) is 7.52. The molecule has 0 saturated heterocycles. The van der Waals surface area contributed by atoms with E-state index in [9.17, 15) is 0 Å². The van der Waals surface area contributed by atoms with Gasteiger partial charge in [-0.2, -0.15) is 0 Å². The van der Waals surface area contributed by atoms with E-state index in [0.29, 0.717) is 18.5 Å². The van der Waals surface area contributed by atoms with Crippen molar-refractivity contribution in [2.75, 3.05) is 6.54 Å². The summed E-state index contributed by atoms with van der Waals surface area (Å²) in [5, 5.41) is 0. The van der Waals surface area contributed by atoms with E-state index in [1.807, 2.05) is 24.8 Å². The molecular formula is C16H22N4. The Labute approximate surface area is 120 Å². The molecule has 106 valence electrons. The van der Waals surface area contributed by atoms with Crippen molar-refractivity contribution in [1.29, 1.82) is 0 Å². The summed E-state index contributed by atoms with van der Waals surface area (Å²) in [5.41, 5.74) is 8.31. The fourth-order valence-electron chi connectivity index (χ4n) is 3.36. The molecule has 1 saturated carbocycles. The topological polar surface area (TPSA) is 56.7 Å². The van der Waals surface area contributed by atoms with Gasteiger partial charge >= 0.3 is 0 Å². The van der Waals surface area contributed by atoms with Crippen LogP contribution in [0.2, 0.25) is 0 Å². The van der Waals surface area contributed by atoms with Crippen molar-refractivity contribution in [1.82, 2.24) is 14.5 Å². The normalized spacial score (nSPS) is 18.1. The zero-order valence-corrected chi connectivity index (χ0v) is 11.8. The lowest BCUT2D eigenvalue weighted by molar-refractivity contribution is 0.255. The molecule has 3 rings (SSSR count). The number of hydrogen-bond acceptors (Lipinski definition) is 3. The van der Waals surface area contributed by atoms with Gasteiger partial charge in [0.15, 0.2) is 0 Å². The average molecular weight is 270 g/mol. The van der Waals surface area contributed by atoms with Crippen molar-refractivity contribution in [3.8, 4) is 11.3 Å². The summed E-state index contributed by atoms with van der Waals surface area (Å²) in [4.78, 5) is 8.55. The first kappa shape index (κ1) is 13.3. The summed E-state index contributed by atoms with van der Waals surface area (Å²) in [7, 11) is 0. The highest BCUT2D eigenvalue weighted by atomic mass is 15.1. The SMILES string of the molecule is NCC(C1CCCCC1)n1cncc1-c1cccnc1. The number of hydrogen-bond donors (Lipinski definition) is 1. The van der Waals surface area contributed by atoms with Crippen LogP contribution in [0.25, 0.3) is 11.3 Å². The third-order valence-electron chi connectivity index (χ3n) is 4.42. The number of rotatable bonds is 4.